The van der Waals surface area contributed by atoms with Gasteiger partial charge >= 0.3 is 5.97 Å². The van der Waals surface area contributed by atoms with E-state index in [0.717, 1.165) is 0 Å². The van der Waals surface area contributed by atoms with Crippen LogP contribution in [0.3, 0.4) is 0 Å². The molecule has 0 spiro atoms. The number of rotatable bonds is 5. The van der Waals surface area contributed by atoms with E-state index in [1.165, 1.54) is 6.07 Å². The second-order valence-electron chi connectivity index (χ2n) is 7.40. The number of anilines is 1. The first-order valence-electron chi connectivity index (χ1n) is 7.90. The summed E-state index contributed by atoms with van der Waals surface area (Å²) in [5.41, 5.74) is 3.71. The molecule has 3 rings (SSSR count). The minimum Gasteiger partial charge on any atom is -0.478 e. The SMILES string of the molecule is CC1(C)C(COC2C=CN(c3ccc(C(=O)O)c(Cl)n3)N2)C1(C)C. The first-order chi connectivity index (χ1) is 11.1. The van der Waals surface area contributed by atoms with E-state index in [4.69, 9.17) is 21.4 Å². The normalized spacial score (nSPS) is 24.4. The summed E-state index contributed by atoms with van der Waals surface area (Å²) in [6, 6.07) is 3.04. The fourth-order valence-corrected chi connectivity index (χ4v) is 3.52. The number of aromatic nitrogens is 1. The highest BCUT2D eigenvalue weighted by atomic mass is 35.5. The molecule has 0 amide bonds. The molecule has 2 aliphatic rings. The van der Waals surface area contributed by atoms with Crippen molar-refractivity contribution in [2.24, 2.45) is 16.7 Å². The lowest BCUT2D eigenvalue weighted by Crippen LogP contribution is -2.37. The average Bonchev–Trinajstić information content (AvgIpc) is 2.84. The molecule has 0 bridgehead atoms. The van der Waals surface area contributed by atoms with Gasteiger partial charge in [0.2, 0.25) is 0 Å². The average molecular weight is 352 g/mol. The monoisotopic (exact) mass is 351 g/mol. The summed E-state index contributed by atoms with van der Waals surface area (Å²) in [7, 11) is 0. The van der Waals surface area contributed by atoms with Gasteiger partial charge < -0.3 is 9.84 Å². The van der Waals surface area contributed by atoms with Crippen molar-refractivity contribution in [1.29, 1.82) is 0 Å². The van der Waals surface area contributed by atoms with E-state index >= 15 is 0 Å². The Hall–Kier alpha value is -1.63. The molecule has 0 radical (unpaired) electrons. The predicted octanol–water partition coefficient (Wildman–Crippen LogP) is 3.30. The van der Waals surface area contributed by atoms with E-state index in [0.29, 0.717) is 18.3 Å². The maximum atomic E-state index is 11.0. The molecule has 0 saturated heterocycles. The van der Waals surface area contributed by atoms with Gasteiger partial charge in [0.25, 0.3) is 0 Å². The van der Waals surface area contributed by atoms with Crippen LogP contribution in [0.25, 0.3) is 0 Å². The largest absolute Gasteiger partial charge is 0.478 e. The summed E-state index contributed by atoms with van der Waals surface area (Å²) in [6.45, 7) is 9.74. The van der Waals surface area contributed by atoms with Crippen LogP contribution >= 0.6 is 11.6 Å². The van der Waals surface area contributed by atoms with Crippen LogP contribution < -0.4 is 10.4 Å². The molecule has 1 aliphatic heterocycles. The summed E-state index contributed by atoms with van der Waals surface area (Å²) in [5.74, 6) is -0.0593. The number of hydrogen-bond acceptors (Lipinski definition) is 5. The van der Waals surface area contributed by atoms with Crippen LogP contribution in [0.15, 0.2) is 24.4 Å². The minimum atomic E-state index is -1.10. The number of carboxylic acids is 1. The highest BCUT2D eigenvalue weighted by Crippen LogP contribution is 2.68. The Morgan fingerprint density at radius 1 is 1.38 bits per heavy atom. The Morgan fingerprint density at radius 3 is 2.58 bits per heavy atom. The summed E-state index contributed by atoms with van der Waals surface area (Å²) in [4.78, 5) is 15.1. The molecular weight excluding hydrogens is 330 g/mol. The molecule has 1 fully saturated rings. The number of pyridine rings is 1. The van der Waals surface area contributed by atoms with Gasteiger partial charge in [0.05, 0.1) is 12.2 Å². The number of carbonyl (C=O) groups is 1. The van der Waals surface area contributed by atoms with Crippen molar-refractivity contribution in [1.82, 2.24) is 10.4 Å². The van der Waals surface area contributed by atoms with Crippen LogP contribution in [0.4, 0.5) is 5.82 Å². The standard InChI is InChI=1S/C17H22ClN3O3/c1-16(2)11(17(16,3)4)9-24-13-7-8-21(20-13)12-6-5-10(15(22)23)14(18)19-12/h5-8,11,13,20H,9H2,1-4H3,(H,22,23). The molecule has 24 heavy (non-hydrogen) atoms. The molecule has 1 atom stereocenters. The van der Waals surface area contributed by atoms with Gasteiger partial charge in [0.15, 0.2) is 0 Å². The maximum absolute atomic E-state index is 11.0. The van der Waals surface area contributed by atoms with Crippen molar-refractivity contribution >= 4 is 23.4 Å². The Balaban J connectivity index is 1.58. The van der Waals surface area contributed by atoms with E-state index in [9.17, 15) is 4.79 Å². The number of halogens is 1. The van der Waals surface area contributed by atoms with E-state index in [-0.39, 0.29) is 27.8 Å². The number of ether oxygens (including phenoxy) is 1. The van der Waals surface area contributed by atoms with E-state index in [1.54, 1.807) is 17.3 Å². The third-order valence-corrected chi connectivity index (χ3v) is 6.04. The third kappa shape index (κ3) is 2.79. The number of hydrazine groups is 1. The van der Waals surface area contributed by atoms with Crippen molar-refractivity contribution in [3.8, 4) is 0 Å². The van der Waals surface area contributed by atoms with Gasteiger partial charge in [-0.15, -0.1) is 0 Å². The van der Waals surface area contributed by atoms with Crippen molar-refractivity contribution in [3.05, 3.63) is 35.1 Å². The second-order valence-corrected chi connectivity index (χ2v) is 7.76. The molecule has 6 nitrogen and oxygen atoms in total. The van der Waals surface area contributed by atoms with Gasteiger partial charge in [0, 0.05) is 6.20 Å². The molecule has 7 heteroatoms. The Bertz CT molecular complexity index is 688. The molecule has 130 valence electrons. The zero-order valence-corrected chi connectivity index (χ0v) is 15.0. The molecule has 2 heterocycles. The van der Waals surface area contributed by atoms with Crippen LogP contribution in [-0.2, 0) is 4.74 Å². The van der Waals surface area contributed by atoms with Gasteiger partial charge in [-0.25, -0.2) is 9.78 Å². The van der Waals surface area contributed by atoms with Crippen LogP contribution in [0, 0.1) is 16.7 Å². The predicted molar refractivity (Wildman–Crippen MR) is 91.8 cm³/mol. The Morgan fingerprint density at radius 2 is 2.04 bits per heavy atom. The topological polar surface area (TPSA) is 74.7 Å². The Kier molecular flexibility index (Phi) is 4.10. The third-order valence-electron chi connectivity index (χ3n) is 5.75. The number of nitrogens with one attached hydrogen (secondary N) is 1. The molecule has 1 aromatic rings. The first-order valence-corrected chi connectivity index (χ1v) is 8.27. The number of nitrogens with zero attached hydrogens (tertiary/aromatic N) is 2. The zero-order valence-electron chi connectivity index (χ0n) is 14.2. The van der Waals surface area contributed by atoms with Crippen molar-refractivity contribution in [2.45, 2.75) is 33.9 Å². The van der Waals surface area contributed by atoms with E-state index in [2.05, 4.69) is 38.1 Å². The summed E-state index contributed by atoms with van der Waals surface area (Å²) < 4.78 is 5.95. The molecule has 1 unspecified atom stereocenters. The smallest absolute Gasteiger partial charge is 0.338 e. The second kappa shape index (κ2) is 5.72. The quantitative estimate of drug-likeness (QED) is 0.793. The lowest BCUT2D eigenvalue weighted by molar-refractivity contribution is 0.0519. The van der Waals surface area contributed by atoms with Crippen molar-refractivity contribution in [3.63, 3.8) is 0 Å². The maximum Gasteiger partial charge on any atom is 0.338 e. The van der Waals surface area contributed by atoms with Crippen LogP contribution in [-0.4, -0.2) is 28.9 Å². The molecule has 2 N–H and O–H groups in total. The summed E-state index contributed by atoms with van der Waals surface area (Å²) >= 11 is 5.91. The number of aromatic carboxylic acids is 1. The summed E-state index contributed by atoms with van der Waals surface area (Å²) in [5, 5.41) is 10.6. The Labute approximate surface area is 146 Å². The molecule has 1 aliphatic carbocycles. The van der Waals surface area contributed by atoms with Crippen molar-refractivity contribution in [2.75, 3.05) is 11.6 Å². The van der Waals surface area contributed by atoms with Gasteiger partial charge in [0.1, 0.15) is 17.2 Å². The van der Waals surface area contributed by atoms with Gasteiger partial charge in [-0.1, -0.05) is 39.3 Å². The first kappa shape index (κ1) is 17.2. The van der Waals surface area contributed by atoms with Gasteiger partial charge in [-0.2, -0.15) is 5.43 Å². The molecule has 1 aromatic heterocycles. The van der Waals surface area contributed by atoms with Crippen LogP contribution in [0.5, 0.6) is 0 Å². The lowest BCUT2D eigenvalue weighted by atomic mass is 10.0. The van der Waals surface area contributed by atoms with E-state index < -0.39 is 5.97 Å². The minimum absolute atomic E-state index is 0.0189. The van der Waals surface area contributed by atoms with Gasteiger partial charge in [-0.3, -0.25) is 5.01 Å². The molecule has 1 saturated carbocycles. The number of hydrogen-bond donors (Lipinski definition) is 2. The highest BCUT2D eigenvalue weighted by Gasteiger charge is 2.64. The van der Waals surface area contributed by atoms with Crippen LogP contribution in [0.1, 0.15) is 38.1 Å². The highest BCUT2D eigenvalue weighted by molar-refractivity contribution is 6.32. The number of carboxylic acid groups (broad SMARTS) is 1. The fraction of sp³-hybridized carbons (Fsp3) is 0.529. The van der Waals surface area contributed by atoms with Crippen LogP contribution in [0.2, 0.25) is 5.15 Å². The lowest BCUT2D eigenvalue weighted by Gasteiger charge is -2.19. The van der Waals surface area contributed by atoms with Gasteiger partial charge in [-0.05, 0) is 35.0 Å². The fourth-order valence-electron chi connectivity index (χ4n) is 3.29. The van der Waals surface area contributed by atoms with E-state index in [1.807, 2.05) is 6.08 Å². The zero-order chi connectivity index (χ0) is 17.7. The van der Waals surface area contributed by atoms with Crippen molar-refractivity contribution < 1.29 is 14.6 Å². The summed E-state index contributed by atoms with van der Waals surface area (Å²) in [6.07, 6.45) is 3.45. The molecular formula is C17H22ClN3O3. The molecule has 0 aromatic carbocycles.